The molecule has 0 saturated carbocycles. The summed E-state index contributed by atoms with van der Waals surface area (Å²) in [4.78, 5) is 11.1. The SMILES string of the molecule is CCCCCCCC(C)(CCC)C(=O)O. The number of carboxylic acid groups (broad SMARTS) is 1. The zero-order valence-electron chi connectivity index (χ0n) is 10.5. The quantitative estimate of drug-likeness (QED) is 0.583. The first-order valence-corrected chi connectivity index (χ1v) is 6.30. The second kappa shape index (κ2) is 7.72. The molecule has 0 rings (SSSR count). The normalized spacial score (nSPS) is 14.9. The fourth-order valence-corrected chi connectivity index (χ4v) is 2.01. The first-order valence-electron chi connectivity index (χ1n) is 6.30. The summed E-state index contributed by atoms with van der Waals surface area (Å²) in [7, 11) is 0. The van der Waals surface area contributed by atoms with E-state index < -0.39 is 11.4 Å². The van der Waals surface area contributed by atoms with Gasteiger partial charge in [0.2, 0.25) is 0 Å². The van der Waals surface area contributed by atoms with E-state index in [0.29, 0.717) is 0 Å². The molecule has 0 aliphatic heterocycles. The van der Waals surface area contributed by atoms with Crippen molar-refractivity contribution >= 4 is 5.97 Å². The Hall–Kier alpha value is -0.530. The van der Waals surface area contributed by atoms with Crippen molar-refractivity contribution in [2.24, 2.45) is 5.41 Å². The largest absolute Gasteiger partial charge is 0.481 e. The summed E-state index contributed by atoms with van der Waals surface area (Å²) >= 11 is 0. The van der Waals surface area contributed by atoms with E-state index in [-0.39, 0.29) is 0 Å². The van der Waals surface area contributed by atoms with Crippen LogP contribution in [0.1, 0.15) is 72.1 Å². The predicted octanol–water partition coefficient (Wildman–Crippen LogP) is 4.24. The molecule has 1 N–H and O–H groups in total. The van der Waals surface area contributed by atoms with Crippen molar-refractivity contribution in [1.29, 1.82) is 0 Å². The van der Waals surface area contributed by atoms with Gasteiger partial charge in [0, 0.05) is 0 Å². The van der Waals surface area contributed by atoms with E-state index in [9.17, 15) is 4.79 Å². The minimum atomic E-state index is -0.625. The van der Waals surface area contributed by atoms with Gasteiger partial charge in [-0.05, 0) is 19.8 Å². The minimum absolute atomic E-state index is 0.485. The molecule has 0 amide bonds. The molecule has 0 aliphatic carbocycles. The van der Waals surface area contributed by atoms with E-state index in [2.05, 4.69) is 13.8 Å². The first-order chi connectivity index (χ1) is 7.06. The number of unbranched alkanes of at least 4 members (excludes halogenated alkanes) is 4. The van der Waals surface area contributed by atoms with Crippen LogP contribution in [0.4, 0.5) is 0 Å². The highest BCUT2D eigenvalue weighted by Crippen LogP contribution is 2.30. The smallest absolute Gasteiger partial charge is 0.309 e. The first kappa shape index (κ1) is 14.5. The number of rotatable bonds is 9. The van der Waals surface area contributed by atoms with Gasteiger partial charge in [0.1, 0.15) is 0 Å². The van der Waals surface area contributed by atoms with Gasteiger partial charge in [-0.15, -0.1) is 0 Å². The Bertz CT molecular complexity index is 177. The second-order valence-electron chi connectivity index (χ2n) is 4.78. The van der Waals surface area contributed by atoms with Gasteiger partial charge < -0.3 is 5.11 Å². The topological polar surface area (TPSA) is 37.3 Å². The van der Waals surface area contributed by atoms with Crippen molar-refractivity contribution in [1.82, 2.24) is 0 Å². The van der Waals surface area contributed by atoms with Crippen LogP contribution >= 0.6 is 0 Å². The van der Waals surface area contributed by atoms with Crippen LogP contribution in [-0.2, 0) is 4.79 Å². The van der Waals surface area contributed by atoms with Gasteiger partial charge in [-0.2, -0.15) is 0 Å². The Kier molecular flexibility index (Phi) is 7.45. The highest BCUT2D eigenvalue weighted by molar-refractivity contribution is 5.73. The third-order valence-corrected chi connectivity index (χ3v) is 3.15. The third-order valence-electron chi connectivity index (χ3n) is 3.15. The van der Waals surface area contributed by atoms with Crippen LogP contribution in [0.25, 0.3) is 0 Å². The molecule has 0 aromatic rings. The molecular weight excluding hydrogens is 188 g/mol. The standard InChI is InChI=1S/C13H26O2/c1-4-6-7-8-9-11-13(3,10-5-2)12(14)15/h4-11H2,1-3H3,(H,14,15). The summed E-state index contributed by atoms with van der Waals surface area (Å²) in [6.07, 6.45) is 8.60. The Balaban J connectivity index is 3.81. The lowest BCUT2D eigenvalue weighted by Gasteiger charge is -2.24. The molecule has 2 nitrogen and oxygen atoms in total. The van der Waals surface area contributed by atoms with E-state index in [1.54, 1.807) is 0 Å². The molecule has 0 radical (unpaired) electrons. The average Bonchev–Trinajstić information content (AvgIpc) is 2.18. The number of carbonyl (C=O) groups is 1. The van der Waals surface area contributed by atoms with E-state index >= 15 is 0 Å². The Morgan fingerprint density at radius 1 is 1.00 bits per heavy atom. The molecule has 0 fully saturated rings. The van der Waals surface area contributed by atoms with Crippen molar-refractivity contribution < 1.29 is 9.90 Å². The monoisotopic (exact) mass is 214 g/mol. The molecule has 1 atom stereocenters. The van der Waals surface area contributed by atoms with Crippen LogP contribution in [0.3, 0.4) is 0 Å². The van der Waals surface area contributed by atoms with E-state index in [1.807, 2.05) is 6.92 Å². The minimum Gasteiger partial charge on any atom is -0.481 e. The summed E-state index contributed by atoms with van der Waals surface area (Å²) in [6.45, 7) is 6.13. The van der Waals surface area contributed by atoms with Gasteiger partial charge >= 0.3 is 5.97 Å². The maximum atomic E-state index is 11.1. The fraction of sp³-hybridized carbons (Fsp3) is 0.923. The van der Waals surface area contributed by atoms with Crippen molar-refractivity contribution in [3.8, 4) is 0 Å². The van der Waals surface area contributed by atoms with Crippen LogP contribution in [0.2, 0.25) is 0 Å². The van der Waals surface area contributed by atoms with Crippen molar-refractivity contribution in [3.63, 3.8) is 0 Å². The van der Waals surface area contributed by atoms with Gasteiger partial charge in [0.05, 0.1) is 5.41 Å². The van der Waals surface area contributed by atoms with E-state index in [1.165, 1.54) is 25.7 Å². The molecule has 0 aromatic carbocycles. The van der Waals surface area contributed by atoms with Crippen LogP contribution in [0, 0.1) is 5.41 Å². The summed E-state index contributed by atoms with van der Waals surface area (Å²) in [5, 5.41) is 9.17. The molecule has 90 valence electrons. The zero-order chi connectivity index (χ0) is 11.7. The molecule has 0 saturated heterocycles. The predicted molar refractivity (Wildman–Crippen MR) is 64.0 cm³/mol. The molecule has 0 aromatic heterocycles. The molecule has 0 spiro atoms. The molecular formula is C13H26O2. The van der Waals surface area contributed by atoms with Crippen molar-refractivity contribution in [2.75, 3.05) is 0 Å². The van der Waals surface area contributed by atoms with Crippen LogP contribution in [0.5, 0.6) is 0 Å². The number of hydrogen-bond acceptors (Lipinski definition) is 1. The van der Waals surface area contributed by atoms with Gasteiger partial charge in [0.15, 0.2) is 0 Å². The molecule has 1 unspecified atom stereocenters. The molecule has 0 aliphatic rings. The molecule has 0 heterocycles. The lowest BCUT2D eigenvalue weighted by molar-refractivity contribution is -0.148. The van der Waals surface area contributed by atoms with Gasteiger partial charge in [-0.1, -0.05) is 52.4 Å². The number of hydrogen-bond donors (Lipinski definition) is 1. The van der Waals surface area contributed by atoms with Crippen molar-refractivity contribution in [3.05, 3.63) is 0 Å². The number of aliphatic carboxylic acids is 1. The van der Waals surface area contributed by atoms with E-state index in [4.69, 9.17) is 5.11 Å². The van der Waals surface area contributed by atoms with E-state index in [0.717, 1.165) is 25.7 Å². The molecule has 15 heavy (non-hydrogen) atoms. The highest BCUT2D eigenvalue weighted by atomic mass is 16.4. The summed E-state index contributed by atoms with van der Waals surface area (Å²) in [6, 6.07) is 0. The second-order valence-corrected chi connectivity index (χ2v) is 4.78. The maximum Gasteiger partial charge on any atom is 0.309 e. The van der Waals surface area contributed by atoms with Crippen molar-refractivity contribution in [2.45, 2.75) is 72.1 Å². The molecule has 2 heteroatoms. The Morgan fingerprint density at radius 2 is 1.60 bits per heavy atom. The van der Waals surface area contributed by atoms with Gasteiger partial charge in [-0.3, -0.25) is 4.79 Å². The summed E-state index contributed by atoms with van der Waals surface area (Å²) < 4.78 is 0. The third kappa shape index (κ3) is 5.81. The van der Waals surface area contributed by atoms with Gasteiger partial charge in [-0.25, -0.2) is 0 Å². The highest BCUT2D eigenvalue weighted by Gasteiger charge is 2.30. The maximum absolute atomic E-state index is 11.1. The zero-order valence-corrected chi connectivity index (χ0v) is 10.5. The lowest BCUT2D eigenvalue weighted by Crippen LogP contribution is -2.27. The Morgan fingerprint density at radius 3 is 2.07 bits per heavy atom. The van der Waals surface area contributed by atoms with Crippen LogP contribution in [-0.4, -0.2) is 11.1 Å². The lowest BCUT2D eigenvalue weighted by atomic mass is 9.80. The molecule has 0 bridgehead atoms. The van der Waals surface area contributed by atoms with Crippen LogP contribution < -0.4 is 0 Å². The number of carboxylic acids is 1. The average molecular weight is 214 g/mol. The fourth-order valence-electron chi connectivity index (χ4n) is 2.01. The van der Waals surface area contributed by atoms with Crippen LogP contribution in [0.15, 0.2) is 0 Å². The Labute approximate surface area is 94.1 Å². The van der Waals surface area contributed by atoms with Gasteiger partial charge in [0.25, 0.3) is 0 Å². The summed E-state index contributed by atoms with van der Waals surface area (Å²) in [5.74, 6) is -0.625. The summed E-state index contributed by atoms with van der Waals surface area (Å²) in [5.41, 5.74) is -0.485.